The second-order valence-electron chi connectivity index (χ2n) is 13.4. The van der Waals surface area contributed by atoms with Gasteiger partial charge < -0.3 is 14.6 Å². The second kappa shape index (κ2) is 12.4. The third kappa shape index (κ3) is 6.72. The number of aryl methyl sites for hydroxylation is 2. The number of likely N-dealkylation sites (tertiary alicyclic amines) is 1. The number of urea groups is 1. The molecule has 1 fully saturated rings. The van der Waals surface area contributed by atoms with Gasteiger partial charge in [-0.2, -0.15) is 5.10 Å². The Balaban J connectivity index is 1.07. The minimum Gasteiger partial charge on any atom is -0.468 e. The molecular formula is C36H41N5O4. The van der Waals surface area contributed by atoms with Gasteiger partial charge in [0.2, 0.25) is 0 Å². The van der Waals surface area contributed by atoms with Crippen molar-refractivity contribution >= 4 is 29.2 Å². The number of rotatable bonds is 6. The molecule has 9 nitrogen and oxygen atoms in total. The van der Waals surface area contributed by atoms with E-state index < -0.39 is 0 Å². The largest absolute Gasteiger partial charge is 0.468 e. The van der Waals surface area contributed by atoms with E-state index in [1.165, 1.54) is 6.26 Å². The number of fused-ring (bicyclic) bond motifs is 1. The number of anilines is 2. The molecule has 2 aromatic heterocycles. The van der Waals surface area contributed by atoms with Crippen molar-refractivity contribution in [2.75, 3.05) is 23.7 Å². The lowest BCUT2D eigenvalue weighted by Gasteiger charge is -2.32. The lowest BCUT2D eigenvalue weighted by atomic mass is 9.89. The summed E-state index contributed by atoms with van der Waals surface area (Å²) in [4.78, 5) is 40.7. The molecule has 0 saturated carbocycles. The summed E-state index contributed by atoms with van der Waals surface area (Å²) in [5, 5.41) is 10.8. The molecule has 0 bridgehead atoms. The van der Waals surface area contributed by atoms with Gasteiger partial charge >= 0.3 is 6.03 Å². The monoisotopic (exact) mass is 607 g/mol. The van der Waals surface area contributed by atoms with Crippen LogP contribution in [-0.4, -0.2) is 45.5 Å². The van der Waals surface area contributed by atoms with E-state index >= 15 is 0 Å². The Bertz CT molecular complexity index is 1720. The number of ketones is 1. The van der Waals surface area contributed by atoms with Crippen molar-refractivity contribution in [3.05, 3.63) is 94.6 Å². The van der Waals surface area contributed by atoms with E-state index in [9.17, 15) is 14.4 Å². The van der Waals surface area contributed by atoms with Gasteiger partial charge in [0.05, 0.1) is 22.5 Å². The first kappa shape index (κ1) is 30.4. The third-order valence-corrected chi connectivity index (χ3v) is 8.79. The molecule has 0 unspecified atom stereocenters. The van der Waals surface area contributed by atoms with Gasteiger partial charge in [0, 0.05) is 43.1 Å². The van der Waals surface area contributed by atoms with Crippen LogP contribution in [0.25, 0.3) is 5.69 Å². The van der Waals surface area contributed by atoms with Gasteiger partial charge in [0.1, 0.15) is 17.8 Å². The van der Waals surface area contributed by atoms with Crippen LogP contribution in [0.5, 0.6) is 0 Å². The number of aromatic nitrogens is 2. The van der Waals surface area contributed by atoms with Gasteiger partial charge in [0.25, 0.3) is 5.91 Å². The van der Waals surface area contributed by atoms with E-state index in [0.717, 1.165) is 48.2 Å². The first-order valence-electron chi connectivity index (χ1n) is 15.8. The molecule has 45 heavy (non-hydrogen) atoms. The molecule has 0 radical (unpaired) electrons. The van der Waals surface area contributed by atoms with Crippen LogP contribution in [0.3, 0.4) is 0 Å². The fourth-order valence-corrected chi connectivity index (χ4v) is 6.20. The summed E-state index contributed by atoms with van der Waals surface area (Å²) >= 11 is 0. The summed E-state index contributed by atoms with van der Waals surface area (Å²) in [6, 6.07) is 17.5. The molecule has 0 atom stereocenters. The Kier molecular flexibility index (Phi) is 8.36. The van der Waals surface area contributed by atoms with Crippen LogP contribution in [0.2, 0.25) is 0 Å². The Morgan fingerprint density at radius 1 is 1.00 bits per heavy atom. The number of nitrogens with zero attached hydrogens (tertiary/aromatic N) is 3. The Morgan fingerprint density at radius 3 is 2.49 bits per heavy atom. The molecule has 9 heteroatoms. The molecule has 2 N–H and O–H groups in total. The predicted octanol–water partition coefficient (Wildman–Crippen LogP) is 7.33. The highest BCUT2D eigenvalue weighted by atomic mass is 16.3. The number of nitrogens with one attached hydrogen (secondary N) is 2. The second-order valence-corrected chi connectivity index (χ2v) is 13.4. The molecule has 1 aliphatic heterocycles. The van der Waals surface area contributed by atoms with Gasteiger partial charge in [-0.1, -0.05) is 50.6 Å². The summed E-state index contributed by atoms with van der Waals surface area (Å²) in [5.41, 5.74) is 5.48. The zero-order chi connectivity index (χ0) is 31.7. The number of Topliss-reactive ketones (excluding diaryl/α,β-unsaturated/α-hetero) is 1. The minimum absolute atomic E-state index is 0.0111. The fraction of sp³-hybridized carbons (Fsp3) is 0.389. The van der Waals surface area contributed by atoms with Crippen molar-refractivity contribution in [2.45, 2.75) is 71.6 Å². The quantitative estimate of drug-likeness (QED) is 0.239. The highest BCUT2D eigenvalue weighted by molar-refractivity contribution is 6.09. The molecule has 2 aromatic carbocycles. The van der Waals surface area contributed by atoms with Crippen LogP contribution in [0, 0.1) is 12.8 Å². The van der Waals surface area contributed by atoms with Crippen molar-refractivity contribution in [3.8, 4) is 5.69 Å². The highest BCUT2D eigenvalue weighted by Crippen LogP contribution is 2.30. The zero-order valence-electron chi connectivity index (χ0n) is 26.5. The fourth-order valence-electron chi connectivity index (χ4n) is 6.20. The van der Waals surface area contributed by atoms with Crippen LogP contribution in [0.1, 0.15) is 89.8 Å². The standard InChI is InChI=1S/C36H41N5O4/c1-23-11-13-27(14-12-23)41-32(21-31(39-41)36(2,3)4)38-35(44)37-26-8-5-7-25(20-26)19-24-15-17-40(18-16-24)34(43)28-22-45-30-10-6-9-29(42)33(28)30/h5,7-8,11-14,20-22,24H,6,9-10,15-19H2,1-4H3,(H2,37,38,44). The average Bonchev–Trinajstić information content (AvgIpc) is 3.64. The van der Waals surface area contributed by atoms with Gasteiger partial charge in [0.15, 0.2) is 5.78 Å². The molecule has 1 saturated heterocycles. The zero-order valence-corrected chi connectivity index (χ0v) is 26.5. The molecule has 6 rings (SSSR count). The number of amides is 3. The number of carbonyl (C=O) groups is 3. The molecular weight excluding hydrogens is 566 g/mol. The van der Waals surface area contributed by atoms with Crippen molar-refractivity contribution in [2.24, 2.45) is 5.92 Å². The Labute approximate surface area is 264 Å². The maximum Gasteiger partial charge on any atom is 0.324 e. The molecule has 4 aromatic rings. The van der Waals surface area contributed by atoms with Crippen LogP contribution >= 0.6 is 0 Å². The number of hydrogen-bond acceptors (Lipinski definition) is 5. The summed E-state index contributed by atoms with van der Waals surface area (Å²) in [5.74, 6) is 1.57. The van der Waals surface area contributed by atoms with E-state index in [0.29, 0.717) is 60.2 Å². The topological polar surface area (TPSA) is 109 Å². The van der Waals surface area contributed by atoms with Gasteiger partial charge in [-0.05, 0) is 68.4 Å². The Hall–Kier alpha value is -4.66. The maximum absolute atomic E-state index is 13.2. The third-order valence-electron chi connectivity index (χ3n) is 8.79. The van der Waals surface area contributed by atoms with Crippen molar-refractivity contribution < 1.29 is 18.8 Å². The molecule has 234 valence electrons. The van der Waals surface area contributed by atoms with Gasteiger partial charge in [-0.15, -0.1) is 0 Å². The Morgan fingerprint density at radius 2 is 1.76 bits per heavy atom. The maximum atomic E-state index is 13.2. The van der Waals surface area contributed by atoms with Crippen LogP contribution < -0.4 is 10.6 Å². The number of carbonyl (C=O) groups excluding carboxylic acids is 3. The number of benzene rings is 2. The van der Waals surface area contributed by atoms with Crippen molar-refractivity contribution in [1.82, 2.24) is 14.7 Å². The molecule has 3 heterocycles. The molecule has 1 aliphatic carbocycles. The first-order valence-corrected chi connectivity index (χ1v) is 15.8. The van der Waals surface area contributed by atoms with E-state index in [1.807, 2.05) is 60.4 Å². The number of furan rings is 1. The normalized spacial score (nSPS) is 15.6. The lowest BCUT2D eigenvalue weighted by Crippen LogP contribution is -2.39. The van der Waals surface area contributed by atoms with E-state index in [-0.39, 0.29) is 23.1 Å². The van der Waals surface area contributed by atoms with E-state index in [2.05, 4.69) is 37.5 Å². The van der Waals surface area contributed by atoms with Crippen molar-refractivity contribution in [1.29, 1.82) is 0 Å². The van der Waals surface area contributed by atoms with Crippen LogP contribution in [-0.2, 0) is 18.3 Å². The minimum atomic E-state index is -0.340. The van der Waals surface area contributed by atoms with Crippen molar-refractivity contribution in [3.63, 3.8) is 0 Å². The molecule has 3 amide bonds. The summed E-state index contributed by atoms with van der Waals surface area (Å²) in [6.07, 6.45) is 6.03. The van der Waals surface area contributed by atoms with Gasteiger partial charge in [-0.3, -0.25) is 14.9 Å². The average molecular weight is 608 g/mol. The highest BCUT2D eigenvalue weighted by Gasteiger charge is 2.32. The summed E-state index contributed by atoms with van der Waals surface area (Å²) < 4.78 is 7.35. The number of piperidine rings is 1. The smallest absolute Gasteiger partial charge is 0.324 e. The first-order chi connectivity index (χ1) is 21.5. The number of hydrogen-bond donors (Lipinski definition) is 2. The van der Waals surface area contributed by atoms with Crippen LogP contribution in [0.4, 0.5) is 16.3 Å². The molecule has 0 spiro atoms. The van der Waals surface area contributed by atoms with Crippen LogP contribution in [0.15, 0.2) is 65.3 Å². The molecule has 2 aliphatic rings. The van der Waals surface area contributed by atoms with Gasteiger partial charge in [-0.25, -0.2) is 9.48 Å². The van der Waals surface area contributed by atoms with E-state index in [4.69, 9.17) is 9.52 Å². The SMILES string of the molecule is Cc1ccc(-n2nc(C(C)(C)C)cc2NC(=O)Nc2cccc(CC3CCN(C(=O)c4coc5c4C(=O)CCC5)CC3)c2)cc1. The summed E-state index contributed by atoms with van der Waals surface area (Å²) in [6.45, 7) is 9.61. The lowest BCUT2D eigenvalue weighted by molar-refractivity contribution is 0.0685. The summed E-state index contributed by atoms with van der Waals surface area (Å²) in [7, 11) is 0. The predicted molar refractivity (Wildman–Crippen MR) is 174 cm³/mol. The van der Waals surface area contributed by atoms with E-state index in [1.54, 1.807) is 4.68 Å².